The van der Waals surface area contributed by atoms with Gasteiger partial charge in [0.25, 0.3) is 0 Å². The molecule has 1 aliphatic rings. The molecule has 5 rings (SSSR count). The highest BCUT2D eigenvalue weighted by Crippen LogP contribution is 2.41. The predicted molar refractivity (Wildman–Crippen MR) is 110 cm³/mol. The third-order valence-corrected chi connectivity index (χ3v) is 6.20. The van der Waals surface area contributed by atoms with Crippen molar-refractivity contribution in [3.63, 3.8) is 0 Å². The Morgan fingerprint density at radius 3 is 2.46 bits per heavy atom. The summed E-state index contributed by atoms with van der Waals surface area (Å²) in [6, 6.07) is 19.2. The van der Waals surface area contributed by atoms with Crippen molar-refractivity contribution in [1.82, 2.24) is 24.1 Å². The van der Waals surface area contributed by atoms with Crippen molar-refractivity contribution in [1.29, 1.82) is 0 Å². The number of likely N-dealkylation sites (tertiary alicyclic amines) is 1. The Morgan fingerprint density at radius 1 is 0.964 bits per heavy atom. The second-order valence-corrected chi connectivity index (χ2v) is 7.76. The van der Waals surface area contributed by atoms with Crippen molar-refractivity contribution >= 4 is 5.65 Å². The Bertz CT molecular complexity index is 1040. The van der Waals surface area contributed by atoms with E-state index in [1.54, 1.807) is 0 Å². The number of hydrogen-bond donors (Lipinski definition) is 0. The predicted octanol–water partition coefficient (Wildman–Crippen LogP) is 3.65. The quantitative estimate of drug-likeness (QED) is 0.550. The van der Waals surface area contributed by atoms with E-state index in [9.17, 15) is 0 Å². The van der Waals surface area contributed by atoms with Crippen LogP contribution in [0.1, 0.15) is 29.8 Å². The number of rotatable bonds is 4. The van der Waals surface area contributed by atoms with E-state index < -0.39 is 0 Å². The molecule has 0 N–H and O–H groups in total. The van der Waals surface area contributed by atoms with Crippen LogP contribution in [0.4, 0.5) is 0 Å². The molecule has 0 bridgehead atoms. The van der Waals surface area contributed by atoms with E-state index in [0.29, 0.717) is 0 Å². The molecule has 4 aromatic rings. The normalized spacial score (nSPS) is 17.2. The molecular formula is C23H25N5. The van der Waals surface area contributed by atoms with E-state index in [1.165, 1.54) is 17.0 Å². The Kier molecular flexibility index (Phi) is 4.24. The summed E-state index contributed by atoms with van der Waals surface area (Å²) in [5.41, 5.74) is 4.81. The molecule has 5 heteroatoms. The third kappa shape index (κ3) is 2.92. The Labute approximate surface area is 165 Å². The van der Waals surface area contributed by atoms with Gasteiger partial charge in [0, 0.05) is 37.6 Å². The van der Waals surface area contributed by atoms with E-state index in [4.69, 9.17) is 4.98 Å². The first-order valence-corrected chi connectivity index (χ1v) is 9.94. The maximum Gasteiger partial charge on any atom is 0.137 e. The van der Waals surface area contributed by atoms with Crippen LogP contribution in [0.3, 0.4) is 0 Å². The molecule has 3 aromatic heterocycles. The molecule has 0 atom stereocenters. The number of imidazole rings is 1. The molecule has 4 heterocycles. The van der Waals surface area contributed by atoms with Gasteiger partial charge in [-0.25, -0.2) is 4.98 Å². The third-order valence-electron chi connectivity index (χ3n) is 6.20. The lowest BCUT2D eigenvalue weighted by Crippen LogP contribution is -2.43. The topological polar surface area (TPSA) is 38.4 Å². The number of fused-ring (bicyclic) bond motifs is 1. The van der Waals surface area contributed by atoms with Crippen LogP contribution < -0.4 is 0 Å². The van der Waals surface area contributed by atoms with Crippen LogP contribution in [-0.4, -0.2) is 37.2 Å². The molecule has 1 fully saturated rings. The fraction of sp³-hybridized carbons (Fsp3) is 0.304. The molecule has 1 aromatic carbocycles. The van der Waals surface area contributed by atoms with E-state index >= 15 is 0 Å². The highest BCUT2D eigenvalue weighted by molar-refractivity contribution is 5.45. The summed E-state index contributed by atoms with van der Waals surface area (Å²) in [7, 11) is 2.02. The number of hydrogen-bond acceptors (Lipinski definition) is 3. The minimum atomic E-state index is -0.0315. The van der Waals surface area contributed by atoms with E-state index in [2.05, 4.69) is 81.4 Å². The van der Waals surface area contributed by atoms with Crippen LogP contribution >= 0.6 is 0 Å². The summed E-state index contributed by atoms with van der Waals surface area (Å²) in [5, 5.41) is 4.31. The highest BCUT2D eigenvalue weighted by atomic mass is 15.3. The zero-order valence-corrected chi connectivity index (χ0v) is 16.2. The van der Waals surface area contributed by atoms with Gasteiger partial charge in [0.2, 0.25) is 0 Å². The molecule has 0 spiro atoms. The summed E-state index contributed by atoms with van der Waals surface area (Å²) < 4.78 is 4.11. The van der Waals surface area contributed by atoms with Crippen molar-refractivity contribution in [2.24, 2.45) is 7.05 Å². The number of aromatic nitrogens is 4. The first-order valence-electron chi connectivity index (χ1n) is 9.94. The maximum absolute atomic E-state index is 5.03. The molecule has 0 saturated carbocycles. The van der Waals surface area contributed by atoms with Gasteiger partial charge in [0.05, 0.1) is 11.4 Å². The zero-order valence-electron chi connectivity index (χ0n) is 16.2. The first kappa shape index (κ1) is 17.2. The van der Waals surface area contributed by atoms with Gasteiger partial charge in [-0.3, -0.25) is 9.58 Å². The molecule has 1 aliphatic heterocycles. The average molecular weight is 371 g/mol. The second kappa shape index (κ2) is 6.91. The van der Waals surface area contributed by atoms with Gasteiger partial charge in [-0.05, 0) is 49.7 Å². The van der Waals surface area contributed by atoms with Crippen molar-refractivity contribution in [3.8, 4) is 0 Å². The Hall–Kier alpha value is -2.92. The van der Waals surface area contributed by atoms with Crippen molar-refractivity contribution < 1.29 is 0 Å². The molecule has 142 valence electrons. The minimum Gasteiger partial charge on any atom is -0.307 e. The van der Waals surface area contributed by atoms with Gasteiger partial charge < -0.3 is 4.40 Å². The van der Waals surface area contributed by atoms with Gasteiger partial charge >= 0.3 is 0 Å². The summed E-state index contributed by atoms with van der Waals surface area (Å²) in [6.07, 6.45) is 8.32. The number of aryl methyl sites for hydroxylation is 1. The van der Waals surface area contributed by atoms with Crippen LogP contribution in [0.15, 0.2) is 73.2 Å². The van der Waals surface area contributed by atoms with Gasteiger partial charge in [0.15, 0.2) is 0 Å². The molecule has 0 aliphatic carbocycles. The Morgan fingerprint density at radius 2 is 1.75 bits per heavy atom. The molecule has 0 amide bonds. The monoisotopic (exact) mass is 371 g/mol. The summed E-state index contributed by atoms with van der Waals surface area (Å²) in [4.78, 5) is 7.57. The lowest BCUT2D eigenvalue weighted by atomic mass is 9.70. The molecule has 5 nitrogen and oxygen atoms in total. The van der Waals surface area contributed by atoms with Crippen molar-refractivity contribution in [2.75, 3.05) is 13.1 Å². The van der Waals surface area contributed by atoms with Crippen LogP contribution in [0.2, 0.25) is 0 Å². The summed E-state index contributed by atoms with van der Waals surface area (Å²) in [6.45, 7) is 3.05. The smallest absolute Gasteiger partial charge is 0.137 e. The van der Waals surface area contributed by atoms with Gasteiger partial charge in [-0.2, -0.15) is 5.10 Å². The molecule has 28 heavy (non-hydrogen) atoms. The van der Waals surface area contributed by atoms with Crippen LogP contribution in [0, 0.1) is 0 Å². The zero-order chi connectivity index (χ0) is 19.0. The molecule has 0 unspecified atom stereocenters. The number of nitrogens with zero attached hydrogens (tertiary/aromatic N) is 5. The highest BCUT2D eigenvalue weighted by Gasteiger charge is 2.39. The minimum absolute atomic E-state index is 0.0315. The lowest BCUT2D eigenvalue weighted by Gasteiger charge is -2.41. The van der Waals surface area contributed by atoms with Crippen LogP contribution in [0.25, 0.3) is 5.65 Å². The molecule has 1 saturated heterocycles. The SMILES string of the molecule is Cn1nccc1CN1CCC(c2ccccc2)(c2cn3ccccc3n2)CC1. The number of piperidine rings is 1. The lowest BCUT2D eigenvalue weighted by molar-refractivity contribution is 0.167. The van der Waals surface area contributed by atoms with Crippen LogP contribution in [-0.2, 0) is 19.0 Å². The Balaban J connectivity index is 1.48. The fourth-order valence-electron chi connectivity index (χ4n) is 4.49. The average Bonchev–Trinajstić information content (AvgIpc) is 3.36. The molecular weight excluding hydrogens is 346 g/mol. The van der Waals surface area contributed by atoms with E-state index in [1.807, 2.05) is 17.9 Å². The largest absolute Gasteiger partial charge is 0.307 e. The van der Waals surface area contributed by atoms with Crippen molar-refractivity contribution in [2.45, 2.75) is 24.8 Å². The van der Waals surface area contributed by atoms with Crippen LogP contribution in [0.5, 0.6) is 0 Å². The number of pyridine rings is 1. The molecule has 0 radical (unpaired) electrons. The van der Waals surface area contributed by atoms with Gasteiger partial charge in [-0.1, -0.05) is 36.4 Å². The van der Waals surface area contributed by atoms with Crippen molar-refractivity contribution in [3.05, 3.63) is 90.1 Å². The first-order chi connectivity index (χ1) is 13.7. The van der Waals surface area contributed by atoms with E-state index in [-0.39, 0.29) is 5.41 Å². The maximum atomic E-state index is 5.03. The number of benzene rings is 1. The second-order valence-electron chi connectivity index (χ2n) is 7.76. The van der Waals surface area contributed by atoms with Gasteiger partial charge in [0.1, 0.15) is 5.65 Å². The standard InChI is InChI=1S/C23H25N5/c1-26-20(10-13-24-26)17-27-15-11-23(12-16-27,19-7-3-2-4-8-19)21-18-28-14-6-5-9-22(28)25-21/h2-10,13-14,18H,11-12,15-17H2,1H3. The van der Waals surface area contributed by atoms with E-state index in [0.717, 1.165) is 38.1 Å². The summed E-state index contributed by atoms with van der Waals surface area (Å²) >= 11 is 0. The van der Waals surface area contributed by atoms with Gasteiger partial charge in [-0.15, -0.1) is 0 Å². The fourth-order valence-corrected chi connectivity index (χ4v) is 4.49. The summed E-state index contributed by atoms with van der Waals surface area (Å²) in [5.74, 6) is 0.